The van der Waals surface area contributed by atoms with E-state index < -0.39 is 5.92 Å². The van der Waals surface area contributed by atoms with Crippen LogP contribution in [0, 0.1) is 6.92 Å². The summed E-state index contributed by atoms with van der Waals surface area (Å²) in [6.07, 6.45) is 6.23. The maximum absolute atomic E-state index is 13.2. The van der Waals surface area contributed by atoms with Crippen molar-refractivity contribution in [3.8, 4) is 0 Å². The van der Waals surface area contributed by atoms with Gasteiger partial charge in [0, 0.05) is 19.2 Å². The second kappa shape index (κ2) is 7.57. The highest BCUT2D eigenvalue weighted by atomic mass is 19.3. The fourth-order valence-electron chi connectivity index (χ4n) is 2.41. The minimum atomic E-state index is -3.02. The molecule has 0 saturated carbocycles. The molecule has 0 unspecified atom stereocenters. The number of alkyl halides is 2. The second-order valence-corrected chi connectivity index (χ2v) is 6.31. The van der Waals surface area contributed by atoms with Crippen LogP contribution in [-0.2, 0) is 17.3 Å². The van der Waals surface area contributed by atoms with E-state index in [2.05, 4.69) is 10.4 Å². The van der Waals surface area contributed by atoms with E-state index in [4.69, 9.17) is 4.42 Å². The molecule has 0 atom stereocenters. The monoisotopic (exact) mass is 371 g/mol. The molecule has 1 amide bonds. The number of amides is 1. The molecule has 0 aliphatic carbocycles. The van der Waals surface area contributed by atoms with Crippen molar-refractivity contribution < 1.29 is 18.0 Å². The Bertz CT molecular complexity index is 950. The lowest BCUT2D eigenvalue weighted by Crippen LogP contribution is -2.07. The number of nitrogens with one attached hydrogen (secondary N) is 1. The van der Waals surface area contributed by atoms with Crippen LogP contribution in [-0.4, -0.2) is 15.7 Å². The van der Waals surface area contributed by atoms with Gasteiger partial charge in [-0.15, -0.1) is 0 Å². The number of benzene rings is 1. The van der Waals surface area contributed by atoms with Crippen molar-refractivity contribution in [2.24, 2.45) is 0 Å². The number of hydrogen-bond donors (Lipinski definition) is 1. The quantitative estimate of drug-likeness (QED) is 0.645. The Kier molecular flexibility index (Phi) is 5.21. The topological polar surface area (TPSA) is 60.1 Å². The Morgan fingerprint density at radius 2 is 2.00 bits per heavy atom. The van der Waals surface area contributed by atoms with Crippen molar-refractivity contribution in [3.63, 3.8) is 0 Å². The lowest BCUT2D eigenvalue weighted by Gasteiger charge is -2.05. The van der Waals surface area contributed by atoms with E-state index in [9.17, 15) is 13.6 Å². The van der Waals surface area contributed by atoms with E-state index in [1.807, 2.05) is 31.2 Å². The van der Waals surface area contributed by atoms with Crippen LogP contribution in [0.3, 0.4) is 0 Å². The highest BCUT2D eigenvalue weighted by molar-refractivity contribution is 6.01. The zero-order valence-electron chi connectivity index (χ0n) is 14.9. The first kappa shape index (κ1) is 18.6. The van der Waals surface area contributed by atoms with Crippen LogP contribution in [0.25, 0.3) is 6.08 Å². The van der Waals surface area contributed by atoms with Crippen molar-refractivity contribution in [2.75, 3.05) is 5.32 Å². The Balaban J connectivity index is 1.58. The number of anilines is 1. The third-order valence-corrected chi connectivity index (χ3v) is 3.82. The van der Waals surface area contributed by atoms with Crippen LogP contribution in [0.2, 0.25) is 0 Å². The third-order valence-electron chi connectivity index (χ3n) is 3.82. The summed E-state index contributed by atoms with van der Waals surface area (Å²) in [4.78, 5) is 12.0. The molecule has 7 heteroatoms. The van der Waals surface area contributed by atoms with Crippen LogP contribution in [0.1, 0.15) is 29.6 Å². The molecule has 2 aromatic heterocycles. The Morgan fingerprint density at radius 3 is 2.67 bits per heavy atom. The average molecular weight is 371 g/mol. The Morgan fingerprint density at radius 1 is 1.26 bits per heavy atom. The molecular weight excluding hydrogens is 352 g/mol. The van der Waals surface area contributed by atoms with Crippen LogP contribution in [0.4, 0.5) is 14.5 Å². The average Bonchev–Trinajstić information content (AvgIpc) is 3.24. The van der Waals surface area contributed by atoms with E-state index in [0.717, 1.165) is 18.1 Å². The van der Waals surface area contributed by atoms with Crippen molar-refractivity contribution in [2.45, 2.75) is 26.3 Å². The van der Waals surface area contributed by atoms with Gasteiger partial charge in [-0.05, 0) is 30.7 Å². The molecular formula is C20H19F2N3O2. The van der Waals surface area contributed by atoms with Gasteiger partial charge in [0.1, 0.15) is 5.76 Å². The zero-order valence-corrected chi connectivity index (χ0v) is 14.9. The standard InChI is InChI=1S/C20H19F2N3O2/c1-14-3-5-15(6-4-14)7-10-19(26)24-16-11-23-25(12-16)13-17-8-9-18(27-17)20(2,21)22/h3-12H,13H2,1-2H3,(H,24,26). The van der Waals surface area contributed by atoms with Gasteiger partial charge in [0.2, 0.25) is 5.91 Å². The maximum Gasteiger partial charge on any atom is 0.301 e. The summed E-state index contributed by atoms with van der Waals surface area (Å²) in [5.41, 5.74) is 2.57. The number of halogens is 2. The summed E-state index contributed by atoms with van der Waals surface area (Å²) in [7, 11) is 0. The lowest BCUT2D eigenvalue weighted by molar-refractivity contribution is -0.111. The lowest BCUT2D eigenvalue weighted by atomic mass is 10.1. The first-order valence-electron chi connectivity index (χ1n) is 8.35. The van der Waals surface area contributed by atoms with E-state index in [0.29, 0.717) is 11.4 Å². The molecule has 3 aromatic rings. The predicted molar refractivity (Wildman–Crippen MR) is 98.4 cm³/mol. The minimum absolute atomic E-state index is 0.186. The number of hydrogen-bond acceptors (Lipinski definition) is 3. The molecule has 0 aliphatic heterocycles. The smallest absolute Gasteiger partial charge is 0.301 e. The van der Waals surface area contributed by atoms with Crippen molar-refractivity contribution in [1.82, 2.24) is 9.78 Å². The van der Waals surface area contributed by atoms with E-state index >= 15 is 0 Å². The maximum atomic E-state index is 13.2. The molecule has 0 fully saturated rings. The molecule has 0 spiro atoms. The van der Waals surface area contributed by atoms with Gasteiger partial charge in [-0.25, -0.2) is 0 Å². The third kappa shape index (κ3) is 5.13. The summed E-state index contributed by atoms with van der Waals surface area (Å²) in [5.74, 6) is -3.35. The van der Waals surface area contributed by atoms with Crippen LogP contribution >= 0.6 is 0 Å². The molecule has 1 aromatic carbocycles. The van der Waals surface area contributed by atoms with Crippen molar-refractivity contribution >= 4 is 17.7 Å². The highest BCUT2D eigenvalue weighted by Gasteiger charge is 2.28. The van der Waals surface area contributed by atoms with Gasteiger partial charge in [0.15, 0.2) is 5.76 Å². The first-order valence-corrected chi connectivity index (χ1v) is 8.35. The fraction of sp³-hybridized carbons (Fsp3) is 0.200. The van der Waals surface area contributed by atoms with E-state index in [-0.39, 0.29) is 18.2 Å². The van der Waals surface area contributed by atoms with Crippen LogP contribution in [0.5, 0.6) is 0 Å². The normalized spacial score (nSPS) is 11.9. The fourth-order valence-corrected chi connectivity index (χ4v) is 2.41. The second-order valence-electron chi connectivity index (χ2n) is 6.31. The van der Waals surface area contributed by atoms with Gasteiger partial charge in [0.05, 0.1) is 18.4 Å². The summed E-state index contributed by atoms with van der Waals surface area (Å²) in [6, 6.07) is 10.5. The Labute approximate surface area is 155 Å². The molecule has 140 valence electrons. The summed E-state index contributed by atoms with van der Waals surface area (Å²) >= 11 is 0. The van der Waals surface area contributed by atoms with Crippen LogP contribution < -0.4 is 5.32 Å². The number of carbonyl (C=O) groups excluding carboxylic acids is 1. The molecule has 1 N–H and O–H groups in total. The van der Waals surface area contributed by atoms with Gasteiger partial charge in [-0.2, -0.15) is 13.9 Å². The van der Waals surface area contributed by atoms with Gasteiger partial charge >= 0.3 is 5.92 Å². The molecule has 2 heterocycles. The molecule has 0 aliphatic rings. The first-order chi connectivity index (χ1) is 12.8. The predicted octanol–water partition coefficient (Wildman–Crippen LogP) is 4.60. The summed E-state index contributed by atoms with van der Waals surface area (Å²) < 4.78 is 33.0. The van der Waals surface area contributed by atoms with E-state index in [1.165, 1.54) is 29.1 Å². The van der Waals surface area contributed by atoms with Crippen molar-refractivity contribution in [3.05, 3.63) is 77.5 Å². The SMILES string of the molecule is Cc1ccc(C=CC(=O)Nc2cnn(Cc3ccc(C(C)(F)F)o3)c2)cc1. The Hall–Kier alpha value is -3.22. The molecule has 5 nitrogen and oxygen atoms in total. The summed E-state index contributed by atoms with van der Waals surface area (Å²) in [6.45, 7) is 2.96. The molecule has 0 saturated heterocycles. The van der Waals surface area contributed by atoms with Crippen LogP contribution in [0.15, 0.2) is 59.3 Å². The van der Waals surface area contributed by atoms with Crippen molar-refractivity contribution in [1.29, 1.82) is 0 Å². The number of aryl methyl sites for hydroxylation is 1. The molecule has 0 bridgehead atoms. The minimum Gasteiger partial charge on any atom is -0.458 e. The number of nitrogens with zero attached hydrogens (tertiary/aromatic N) is 2. The van der Waals surface area contributed by atoms with E-state index in [1.54, 1.807) is 12.3 Å². The molecule has 27 heavy (non-hydrogen) atoms. The van der Waals surface area contributed by atoms with Gasteiger partial charge in [-0.3, -0.25) is 9.48 Å². The number of rotatable bonds is 6. The largest absolute Gasteiger partial charge is 0.458 e. The number of furan rings is 1. The number of aromatic nitrogens is 2. The highest BCUT2D eigenvalue weighted by Crippen LogP contribution is 2.28. The number of carbonyl (C=O) groups is 1. The summed E-state index contributed by atoms with van der Waals surface area (Å²) in [5, 5.41) is 6.79. The van der Waals surface area contributed by atoms with Gasteiger partial charge < -0.3 is 9.73 Å². The van der Waals surface area contributed by atoms with Gasteiger partial charge in [0.25, 0.3) is 0 Å². The van der Waals surface area contributed by atoms with Gasteiger partial charge in [-0.1, -0.05) is 29.8 Å². The molecule has 0 radical (unpaired) electrons. The molecule has 3 rings (SSSR count). The zero-order chi connectivity index (χ0) is 19.4.